The van der Waals surface area contributed by atoms with Crippen LogP contribution in [0.3, 0.4) is 0 Å². The molecule has 0 aliphatic heterocycles. The lowest BCUT2D eigenvalue weighted by atomic mass is 10.2. The van der Waals surface area contributed by atoms with Crippen LogP contribution in [0.15, 0.2) is 23.5 Å². The minimum absolute atomic E-state index is 0.370. The third-order valence-corrected chi connectivity index (χ3v) is 1.62. The Morgan fingerprint density at radius 2 is 2.24 bits per heavy atom. The molecule has 0 saturated carbocycles. The van der Waals surface area contributed by atoms with Crippen molar-refractivity contribution in [2.45, 2.75) is 26.4 Å². The van der Waals surface area contributed by atoms with Gasteiger partial charge in [-0.3, -0.25) is 5.32 Å². The van der Waals surface area contributed by atoms with Crippen molar-refractivity contribution >= 4 is 18.1 Å². The summed E-state index contributed by atoms with van der Waals surface area (Å²) < 4.78 is 5.06. The predicted molar refractivity (Wildman–Crippen MR) is 63.5 cm³/mol. The molecule has 2 N–H and O–H groups in total. The molecule has 1 amide bonds. The minimum atomic E-state index is -0.562. The molecule has 0 atom stereocenters. The summed E-state index contributed by atoms with van der Waals surface area (Å²) in [5.74, 6) is 0.370. The highest BCUT2D eigenvalue weighted by Crippen LogP contribution is 2.10. The number of hydrogen-bond acceptors (Lipinski definition) is 5. The van der Waals surface area contributed by atoms with E-state index in [4.69, 9.17) is 9.94 Å². The van der Waals surface area contributed by atoms with Crippen molar-refractivity contribution in [3.8, 4) is 0 Å². The number of rotatable bonds is 2. The highest BCUT2D eigenvalue weighted by molar-refractivity contribution is 5.84. The standard InChI is InChI=1S/C11H15N3O3/c1-11(2,3)17-10(15)14-9-5-4-8(6-12-9)7-13-16/h4-7,16H,1-3H3,(H,12,14,15). The van der Waals surface area contributed by atoms with Crippen molar-refractivity contribution in [2.75, 3.05) is 5.32 Å². The van der Waals surface area contributed by atoms with E-state index in [2.05, 4.69) is 15.5 Å². The molecule has 6 heteroatoms. The number of amides is 1. The molecule has 1 aromatic rings. The monoisotopic (exact) mass is 237 g/mol. The Labute approximate surface area is 99.3 Å². The molecule has 0 spiro atoms. The molecule has 0 radical (unpaired) electrons. The van der Waals surface area contributed by atoms with E-state index in [1.54, 1.807) is 32.9 Å². The number of pyridine rings is 1. The van der Waals surface area contributed by atoms with E-state index in [1.807, 2.05) is 0 Å². The summed E-state index contributed by atoms with van der Waals surface area (Å²) in [5, 5.41) is 13.7. The van der Waals surface area contributed by atoms with E-state index in [1.165, 1.54) is 12.4 Å². The number of hydrogen-bond donors (Lipinski definition) is 2. The average molecular weight is 237 g/mol. The number of anilines is 1. The van der Waals surface area contributed by atoms with Gasteiger partial charge in [0.1, 0.15) is 11.4 Å². The molecule has 0 unspecified atom stereocenters. The zero-order valence-corrected chi connectivity index (χ0v) is 9.97. The first-order valence-corrected chi connectivity index (χ1v) is 5.04. The van der Waals surface area contributed by atoms with Gasteiger partial charge in [-0.2, -0.15) is 0 Å². The van der Waals surface area contributed by atoms with Crippen LogP contribution in [-0.2, 0) is 4.74 Å². The van der Waals surface area contributed by atoms with Gasteiger partial charge in [0, 0.05) is 11.8 Å². The summed E-state index contributed by atoms with van der Waals surface area (Å²) in [6.45, 7) is 5.34. The van der Waals surface area contributed by atoms with Gasteiger partial charge in [0.2, 0.25) is 0 Å². The van der Waals surface area contributed by atoms with Gasteiger partial charge in [-0.05, 0) is 32.9 Å². The summed E-state index contributed by atoms with van der Waals surface area (Å²) in [4.78, 5) is 15.4. The smallest absolute Gasteiger partial charge is 0.413 e. The van der Waals surface area contributed by atoms with E-state index in [0.29, 0.717) is 11.4 Å². The lowest BCUT2D eigenvalue weighted by Crippen LogP contribution is -2.27. The fourth-order valence-corrected chi connectivity index (χ4v) is 1.03. The topological polar surface area (TPSA) is 83.8 Å². The summed E-state index contributed by atoms with van der Waals surface area (Å²) in [6.07, 6.45) is 2.14. The maximum absolute atomic E-state index is 11.4. The molecule has 0 bridgehead atoms. The van der Waals surface area contributed by atoms with Crippen LogP contribution in [0, 0.1) is 0 Å². The second kappa shape index (κ2) is 5.29. The van der Waals surface area contributed by atoms with Gasteiger partial charge in [0.05, 0.1) is 6.21 Å². The maximum atomic E-state index is 11.4. The van der Waals surface area contributed by atoms with Crippen molar-refractivity contribution in [2.24, 2.45) is 5.16 Å². The third-order valence-electron chi connectivity index (χ3n) is 1.62. The summed E-state index contributed by atoms with van der Waals surface area (Å²) >= 11 is 0. The Bertz CT molecular complexity index is 407. The molecule has 92 valence electrons. The molecular formula is C11H15N3O3. The highest BCUT2D eigenvalue weighted by atomic mass is 16.6. The molecule has 0 aromatic carbocycles. The fourth-order valence-electron chi connectivity index (χ4n) is 1.03. The number of ether oxygens (including phenoxy) is 1. The van der Waals surface area contributed by atoms with E-state index >= 15 is 0 Å². The van der Waals surface area contributed by atoms with Gasteiger partial charge >= 0.3 is 6.09 Å². The van der Waals surface area contributed by atoms with Crippen LogP contribution in [0.25, 0.3) is 0 Å². The van der Waals surface area contributed by atoms with Crippen LogP contribution in [0.5, 0.6) is 0 Å². The highest BCUT2D eigenvalue weighted by Gasteiger charge is 2.16. The zero-order valence-electron chi connectivity index (χ0n) is 9.97. The number of nitrogens with zero attached hydrogens (tertiary/aromatic N) is 2. The van der Waals surface area contributed by atoms with Gasteiger partial charge in [0.25, 0.3) is 0 Å². The van der Waals surface area contributed by atoms with Crippen LogP contribution < -0.4 is 5.32 Å². The van der Waals surface area contributed by atoms with Crippen molar-refractivity contribution in [3.63, 3.8) is 0 Å². The first-order chi connectivity index (χ1) is 7.90. The van der Waals surface area contributed by atoms with Crippen LogP contribution in [0.4, 0.5) is 10.6 Å². The quantitative estimate of drug-likeness (QED) is 0.469. The average Bonchev–Trinajstić information content (AvgIpc) is 2.18. The molecule has 1 aromatic heterocycles. The molecule has 0 fully saturated rings. The van der Waals surface area contributed by atoms with E-state index < -0.39 is 11.7 Å². The Kier molecular flexibility index (Phi) is 4.03. The second-order valence-electron chi connectivity index (χ2n) is 4.35. The van der Waals surface area contributed by atoms with Crippen molar-refractivity contribution in [1.29, 1.82) is 0 Å². The molecule has 0 aliphatic carbocycles. The van der Waals surface area contributed by atoms with Crippen LogP contribution in [0.2, 0.25) is 0 Å². The van der Waals surface area contributed by atoms with Gasteiger partial charge < -0.3 is 9.94 Å². The summed E-state index contributed by atoms with van der Waals surface area (Å²) in [6, 6.07) is 3.24. The zero-order chi connectivity index (χ0) is 12.9. The SMILES string of the molecule is CC(C)(C)OC(=O)Nc1ccc(C=NO)cn1. The first-order valence-electron chi connectivity index (χ1n) is 5.04. The van der Waals surface area contributed by atoms with Crippen molar-refractivity contribution in [1.82, 2.24) is 4.98 Å². The van der Waals surface area contributed by atoms with Gasteiger partial charge in [-0.25, -0.2) is 9.78 Å². The molecule has 1 rings (SSSR count). The Morgan fingerprint density at radius 3 is 2.71 bits per heavy atom. The number of carbonyl (C=O) groups is 1. The molecule has 1 heterocycles. The first kappa shape index (κ1) is 13.0. The normalized spacial score (nSPS) is 11.5. The van der Waals surface area contributed by atoms with Gasteiger partial charge in [-0.15, -0.1) is 0 Å². The molecule has 6 nitrogen and oxygen atoms in total. The second-order valence-corrected chi connectivity index (χ2v) is 4.35. The largest absolute Gasteiger partial charge is 0.444 e. The van der Waals surface area contributed by atoms with Crippen LogP contribution in [0.1, 0.15) is 26.3 Å². The summed E-state index contributed by atoms with van der Waals surface area (Å²) in [7, 11) is 0. The molecule has 0 saturated heterocycles. The van der Waals surface area contributed by atoms with Gasteiger partial charge in [0.15, 0.2) is 0 Å². The Morgan fingerprint density at radius 1 is 1.53 bits per heavy atom. The number of nitrogens with one attached hydrogen (secondary N) is 1. The maximum Gasteiger partial charge on any atom is 0.413 e. The molecule has 0 aliphatic rings. The number of aromatic nitrogens is 1. The Hall–Kier alpha value is -2.11. The fraction of sp³-hybridized carbons (Fsp3) is 0.364. The summed E-state index contributed by atoms with van der Waals surface area (Å²) in [5.41, 5.74) is 0.0790. The van der Waals surface area contributed by atoms with E-state index in [-0.39, 0.29) is 0 Å². The van der Waals surface area contributed by atoms with Crippen LogP contribution in [-0.4, -0.2) is 28.1 Å². The van der Waals surface area contributed by atoms with E-state index in [0.717, 1.165) is 0 Å². The van der Waals surface area contributed by atoms with Crippen molar-refractivity contribution in [3.05, 3.63) is 23.9 Å². The predicted octanol–water partition coefficient (Wildman–Crippen LogP) is 2.24. The molecular weight excluding hydrogens is 222 g/mol. The Balaban J connectivity index is 2.60. The minimum Gasteiger partial charge on any atom is -0.444 e. The van der Waals surface area contributed by atoms with Crippen LogP contribution >= 0.6 is 0 Å². The van der Waals surface area contributed by atoms with Crippen molar-refractivity contribution < 1.29 is 14.7 Å². The van der Waals surface area contributed by atoms with Gasteiger partial charge in [-0.1, -0.05) is 5.16 Å². The van der Waals surface area contributed by atoms with E-state index in [9.17, 15) is 4.79 Å². The number of oxime groups is 1. The number of carbonyl (C=O) groups excluding carboxylic acids is 1. The lowest BCUT2D eigenvalue weighted by molar-refractivity contribution is 0.0635. The lowest BCUT2D eigenvalue weighted by Gasteiger charge is -2.19. The molecule has 17 heavy (non-hydrogen) atoms. The third kappa shape index (κ3) is 4.96.